The molecule has 1 rings (SSSR count). The van der Waals surface area contributed by atoms with E-state index in [9.17, 15) is 19.5 Å². The molecule has 2 amide bonds. The summed E-state index contributed by atoms with van der Waals surface area (Å²) in [5.74, 6) is -1.78. The zero-order valence-electron chi connectivity index (χ0n) is 11.0. The average Bonchev–Trinajstić information content (AvgIpc) is 2.43. The van der Waals surface area contributed by atoms with E-state index >= 15 is 0 Å². The SMILES string of the molecule is CCOc1ccc(C(=O)NCC(=O)NCC(=O)[O-])cc1. The summed E-state index contributed by atoms with van der Waals surface area (Å²) in [5, 5.41) is 14.6. The monoisotopic (exact) mass is 279 g/mol. The predicted molar refractivity (Wildman–Crippen MR) is 68.0 cm³/mol. The molecule has 0 aliphatic rings. The highest BCUT2D eigenvalue weighted by molar-refractivity contribution is 5.96. The molecule has 0 spiro atoms. The number of benzene rings is 1. The lowest BCUT2D eigenvalue weighted by Crippen LogP contribution is -2.42. The van der Waals surface area contributed by atoms with E-state index in [1.165, 1.54) is 0 Å². The molecule has 1 aromatic carbocycles. The van der Waals surface area contributed by atoms with Gasteiger partial charge >= 0.3 is 0 Å². The van der Waals surface area contributed by atoms with Gasteiger partial charge in [-0.25, -0.2) is 0 Å². The van der Waals surface area contributed by atoms with Crippen LogP contribution in [-0.4, -0.2) is 37.5 Å². The van der Waals surface area contributed by atoms with Gasteiger partial charge in [0.25, 0.3) is 5.91 Å². The van der Waals surface area contributed by atoms with E-state index < -0.39 is 24.3 Å². The number of aliphatic carboxylic acids is 1. The van der Waals surface area contributed by atoms with Gasteiger partial charge in [-0.2, -0.15) is 0 Å². The van der Waals surface area contributed by atoms with Gasteiger partial charge in [0.2, 0.25) is 5.91 Å². The first-order chi connectivity index (χ1) is 9.52. The van der Waals surface area contributed by atoms with Crippen LogP contribution in [-0.2, 0) is 9.59 Å². The molecule has 0 fully saturated rings. The summed E-state index contributed by atoms with van der Waals surface area (Å²) in [6.07, 6.45) is 0. The van der Waals surface area contributed by atoms with Crippen molar-refractivity contribution in [3.63, 3.8) is 0 Å². The fourth-order valence-electron chi connectivity index (χ4n) is 1.37. The van der Waals surface area contributed by atoms with Crippen LogP contribution in [0, 0.1) is 0 Å². The van der Waals surface area contributed by atoms with Gasteiger partial charge in [-0.15, -0.1) is 0 Å². The Kier molecular flexibility index (Phi) is 6.02. The summed E-state index contributed by atoms with van der Waals surface area (Å²) >= 11 is 0. The van der Waals surface area contributed by atoms with E-state index in [0.29, 0.717) is 17.9 Å². The Morgan fingerprint density at radius 2 is 1.75 bits per heavy atom. The smallest absolute Gasteiger partial charge is 0.251 e. The van der Waals surface area contributed by atoms with Gasteiger partial charge in [0, 0.05) is 5.56 Å². The van der Waals surface area contributed by atoms with Crippen LogP contribution in [0.5, 0.6) is 5.75 Å². The number of carbonyl (C=O) groups excluding carboxylic acids is 3. The minimum absolute atomic E-state index is 0.306. The lowest BCUT2D eigenvalue weighted by molar-refractivity contribution is -0.304. The number of carboxylic acids is 1. The normalized spacial score (nSPS) is 9.65. The van der Waals surface area contributed by atoms with Crippen molar-refractivity contribution in [3.8, 4) is 5.75 Å². The molecule has 0 saturated carbocycles. The van der Waals surface area contributed by atoms with Gasteiger partial charge in [-0.05, 0) is 31.2 Å². The molecule has 0 unspecified atom stereocenters. The Labute approximate surface area is 115 Å². The van der Waals surface area contributed by atoms with Crippen LogP contribution in [0.25, 0.3) is 0 Å². The fraction of sp³-hybridized carbons (Fsp3) is 0.308. The van der Waals surface area contributed by atoms with Crippen LogP contribution >= 0.6 is 0 Å². The maximum absolute atomic E-state index is 11.7. The van der Waals surface area contributed by atoms with Gasteiger partial charge in [0.05, 0.1) is 25.7 Å². The van der Waals surface area contributed by atoms with Gasteiger partial charge in [-0.3, -0.25) is 9.59 Å². The minimum atomic E-state index is -1.39. The molecule has 0 radical (unpaired) electrons. The van der Waals surface area contributed by atoms with E-state index in [2.05, 4.69) is 10.6 Å². The molecule has 0 bridgehead atoms. The minimum Gasteiger partial charge on any atom is -0.548 e. The molecule has 0 heterocycles. The van der Waals surface area contributed by atoms with Gasteiger partial charge in [0.1, 0.15) is 5.75 Å². The highest BCUT2D eigenvalue weighted by Crippen LogP contribution is 2.11. The average molecular weight is 279 g/mol. The summed E-state index contributed by atoms with van der Waals surface area (Å²) in [6.45, 7) is 1.49. The molecule has 0 aliphatic heterocycles. The van der Waals surface area contributed by atoms with E-state index in [0.717, 1.165) is 0 Å². The van der Waals surface area contributed by atoms with Crippen molar-refractivity contribution in [2.45, 2.75) is 6.92 Å². The lowest BCUT2D eigenvalue weighted by Gasteiger charge is -2.08. The largest absolute Gasteiger partial charge is 0.548 e. The molecule has 0 aliphatic carbocycles. The first kappa shape index (κ1) is 15.5. The van der Waals surface area contributed by atoms with Crippen molar-refractivity contribution < 1.29 is 24.2 Å². The number of amides is 2. The molecule has 0 atom stereocenters. The summed E-state index contributed by atoms with van der Waals surface area (Å²) < 4.78 is 5.24. The molecule has 1 aromatic rings. The Bertz CT molecular complexity index is 484. The summed E-state index contributed by atoms with van der Waals surface area (Å²) in [7, 11) is 0. The van der Waals surface area contributed by atoms with Crippen molar-refractivity contribution >= 4 is 17.8 Å². The summed E-state index contributed by atoms with van der Waals surface area (Å²) in [5.41, 5.74) is 0.376. The van der Waals surface area contributed by atoms with Crippen LogP contribution in [0.15, 0.2) is 24.3 Å². The van der Waals surface area contributed by atoms with Crippen molar-refractivity contribution in [3.05, 3.63) is 29.8 Å². The fourth-order valence-corrected chi connectivity index (χ4v) is 1.37. The van der Waals surface area contributed by atoms with Crippen molar-refractivity contribution in [2.75, 3.05) is 19.7 Å². The second-order valence-electron chi connectivity index (χ2n) is 3.79. The standard InChI is InChI=1S/C13H16N2O5/c1-2-20-10-5-3-9(4-6-10)13(19)15-7-11(16)14-8-12(17)18/h3-6H,2,7-8H2,1H3,(H,14,16)(H,15,19)(H,17,18)/p-1. The second kappa shape index (κ2) is 7.78. The van der Waals surface area contributed by atoms with E-state index in [4.69, 9.17) is 4.74 Å². The molecule has 2 N–H and O–H groups in total. The quantitative estimate of drug-likeness (QED) is 0.643. The maximum Gasteiger partial charge on any atom is 0.251 e. The second-order valence-corrected chi connectivity index (χ2v) is 3.79. The number of hydrogen-bond donors (Lipinski definition) is 2. The molecule has 7 heteroatoms. The molecule has 7 nitrogen and oxygen atoms in total. The number of hydrogen-bond acceptors (Lipinski definition) is 5. The predicted octanol–water partition coefficient (Wildman–Crippen LogP) is -1.32. The maximum atomic E-state index is 11.7. The first-order valence-electron chi connectivity index (χ1n) is 6.00. The first-order valence-corrected chi connectivity index (χ1v) is 6.00. The van der Waals surface area contributed by atoms with Gasteiger partial charge < -0.3 is 25.3 Å². The molecule has 0 aromatic heterocycles. The van der Waals surface area contributed by atoms with Crippen LogP contribution in [0.2, 0.25) is 0 Å². The molecule has 108 valence electrons. The summed E-state index contributed by atoms with van der Waals surface area (Å²) in [4.78, 5) is 33.0. The Hall–Kier alpha value is -2.57. The number of nitrogens with one attached hydrogen (secondary N) is 2. The summed E-state index contributed by atoms with van der Waals surface area (Å²) in [6, 6.07) is 6.43. The van der Waals surface area contributed by atoms with Crippen LogP contribution in [0.3, 0.4) is 0 Å². The van der Waals surface area contributed by atoms with Crippen LogP contribution in [0.4, 0.5) is 0 Å². The number of carbonyl (C=O) groups is 3. The molecule has 20 heavy (non-hydrogen) atoms. The zero-order valence-corrected chi connectivity index (χ0v) is 11.0. The highest BCUT2D eigenvalue weighted by atomic mass is 16.5. The Balaban J connectivity index is 2.42. The van der Waals surface area contributed by atoms with Crippen LogP contribution in [0.1, 0.15) is 17.3 Å². The molecular formula is C13H15N2O5-. The number of ether oxygens (including phenoxy) is 1. The number of rotatable bonds is 7. The highest BCUT2D eigenvalue weighted by Gasteiger charge is 2.07. The van der Waals surface area contributed by atoms with E-state index in [1.807, 2.05) is 6.92 Å². The van der Waals surface area contributed by atoms with E-state index in [-0.39, 0.29) is 6.54 Å². The third kappa shape index (κ3) is 5.38. The van der Waals surface area contributed by atoms with Crippen molar-refractivity contribution in [2.24, 2.45) is 0 Å². The Morgan fingerprint density at radius 1 is 1.10 bits per heavy atom. The van der Waals surface area contributed by atoms with E-state index in [1.54, 1.807) is 24.3 Å². The number of carboxylic acid groups (broad SMARTS) is 1. The van der Waals surface area contributed by atoms with Crippen molar-refractivity contribution in [1.82, 2.24) is 10.6 Å². The Morgan fingerprint density at radius 3 is 2.30 bits per heavy atom. The van der Waals surface area contributed by atoms with Crippen molar-refractivity contribution in [1.29, 1.82) is 0 Å². The third-order valence-electron chi connectivity index (χ3n) is 2.27. The van der Waals surface area contributed by atoms with Gasteiger partial charge in [0.15, 0.2) is 0 Å². The topological polar surface area (TPSA) is 108 Å². The molecular weight excluding hydrogens is 264 g/mol. The third-order valence-corrected chi connectivity index (χ3v) is 2.27. The van der Waals surface area contributed by atoms with Gasteiger partial charge in [-0.1, -0.05) is 0 Å². The lowest BCUT2D eigenvalue weighted by atomic mass is 10.2. The zero-order chi connectivity index (χ0) is 15.0. The van der Waals surface area contributed by atoms with Crippen LogP contribution < -0.4 is 20.5 Å². The molecule has 0 saturated heterocycles.